The molecule has 1 fully saturated rings. The van der Waals surface area contributed by atoms with Crippen LogP contribution < -0.4 is 16.0 Å². The van der Waals surface area contributed by atoms with E-state index in [1.54, 1.807) is 12.1 Å². The number of rotatable bonds is 3. The number of hydrogen-bond acceptors (Lipinski definition) is 7. The van der Waals surface area contributed by atoms with E-state index in [0.717, 1.165) is 16.8 Å². The second-order valence-corrected chi connectivity index (χ2v) is 8.34. The number of benzene rings is 1. The SMILES string of the molecule is CC(C)(C)OC(=O)NC1CCN(c2cc(C(=O)O)cc3sc(N)nc23)C1. The highest BCUT2D eigenvalue weighted by Crippen LogP contribution is 2.35. The van der Waals surface area contributed by atoms with Gasteiger partial charge in [0.2, 0.25) is 0 Å². The van der Waals surface area contributed by atoms with Gasteiger partial charge in [-0.25, -0.2) is 14.6 Å². The number of amides is 1. The number of carbonyl (C=O) groups is 2. The number of carboxylic acid groups (broad SMARTS) is 1. The third-order valence-electron chi connectivity index (χ3n) is 3.99. The quantitative estimate of drug-likeness (QED) is 0.751. The minimum atomic E-state index is -0.997. The van der Waals surface area contributed by atoms with Crippen LogP contribution in [0.25, 0.3) is 10.2 Å². The fourth-order valence-electron chi connectivity index (χ4n) is 2.96. The number of anilines is 2. The van der Waals surface area contributed by atoms with Crippen molar-refractivity contribution >= 4 is 44.4 Å². The van der Waals surface area contributed by atoms with Crippen LogP contribution in [-0.4, -0.2) is 46.9 Å². The number of nitrogens with one attached hydrogen (secondary N) is 1. The minimum absolute atomic E-state index is 0.0793. The molecule has 1 aromatic carbocycles. The van der Waals surface area contributed by atoms with Gasteiger partial charge in [0.1, 0.15) is 11.1 Å². The fraction of sp³-hybridized carbons (Fsp3) is 0.471. The van der Waals surface area contributed by atoms with E-state index < -0.39 is 17.7 Å². The van der Waals surface area contributed by atoms with E-state index >= 15 is 0 Å². The molecule has 1 amide bonds. The Morgan fingerprint density at radius 2 is 2.15 bits per heavy atom. The number of alkyl carbamates (subject to hydrolysis) is 1. The molecule has 140 valence electrons. The summed E-state index contributed by atoms with van der Waals surface area (Å²) in [6, 6.07) is 3.12. The molecule has 1 aliphatic heterocycles. The van der Waals surface area contributed by atoms with Crippen LogP contribution in [-0.2, 0) is 4.74 Å². The van der Waals surface area contributed by atoms with Gasteiger partial charge in [-0.05, 0) is 39.3 Å². The molecule has 2 aromatic rings. The number of ether oxygens (including phenoxy) is 1. The van der Waals surface area contributed by atoms with Crippen molar-refractivity contribution in [3.05, 3.63) is 17.7 Å². The zero-order chi connectivity index (χ0) is 19.1. The van der Waals surface area contributed by atoms with Crippen molar-refractivity contribution in [2.75, 3.05) is 23.7 Å². The average molecular weight is 378 g/mol. The second kappa shape index (κ2) is 6.64. The van der Waals surface area contributed by atoms with Gasteiger partial charge in [-0.2, -0.15) is 0 Å². The number of hydrogen-bond donors (Lipinski definition) is 3. The lowest BCUT2D eigenvalue weighted by Crippen LogP contribution is -2.40. The highest BCUT2D eigenvalue weighted by Gasteiger charge is 2.28. The van der Waals surface area contributed by atoms with Gasteiger partial charge in [0, 0.05) is 13.1 Å². The largest absolute Gasteiger partial charge is 0.478 e. The van der Waals surface area contributed by atoms with Crippen molar-refractivity contribution in [1.29, 1.82) is 0 Å². The standard InChI is InChI=1S/C17H22N4O4S/c1-17(2,3)25-16(24)19-10-4-5-21(8-10)11-6-9(14(22)23)7-12-13(11)20-15(18)26-12/h6-7,10H,4-5,8H2,1-3H3,(H2,18,20)(H,19,24)(H,22,23). The van der Waals surface area contributed by atoms with Crippen LogP contribution in [0.4, 0.5) is 15.6 Å². The van der Waals surface area contributed by atoms with E-state index in [0.29, 0.717) is 23.7 Å². The van der Waals surface area contributed by atoms with E-state index in [-0.39, 0.29) is 11.6 Å². The summed E-state index contributed by atoms with van der Waals surface area (Å²) in [5.74, 6) is -0.997. The Labute approximate surface area is 154 Å². The number of nitrogen functional groups attached to an aromatic ring is 1. The number of aromatic carboxylic acids is 1. The first-order chi connectivity index (χ1) is 12.1. The van der Waals surface area contributed by atoms with Crippen LogP contribution in [0.3, 0.4) is 0 Å². The van der Waals surface area contributed by atoms with E-state index in [1.807, 2.05) is 25.7 Å². The maximum atomic E-state index is 12.0. The predicted octanol–water partition coefficient (Wildman–Crippen LogP) is 2.68. The van der Waals surface area contributed by atoms with Crippen LogP contribution in [0, 0.1) is 0 Å². The first kappa shape index (κ1) is 18.2. The lowest BCUT2D eigenvalue weighted by atomic mass is 10.1. The fourth-order valence-corrected chi connectivity index (χ4v) is 3.76. The summed E-state index contributed by atoms with van der Waals surface area (Å²) >= 11 is 1.26. The molecule has 0 aliphatic carbocycles. The van der Waals surface area contributed by atoms with Crippen molar-refractivity contribution in [2.45, 2.75) is 38.8 Å². The zero-order valence-corrected chi connectivity index (χ0v) is 15.7. The Hall–Kier alpha value is -2.55. The van der Waals surface area contributed by atoms with E-state index in [9.17, 15) is 14.7 Å². The summed E-state index contributed by atoms with van der Waals surface area (Å²) in [7, 11) is 0. The highest BCUT2D eigenvalue weighted by atomic mass is 32.1. The van der Waals surface area contributed by atoms with Crippen LogP contribution in [0.5, 0.6) is 0 Å². The van der Waals surface area contributed by atoms with Gasteiger partial charge in [-0.15, -0.1) is 0 Å². The van der Waals surface area contributed by atoms with Crippen molar-refractivity contribution in [1.82, 2.24) is 10.3 Å². The molecule has 1 aromatic heterocycles. The summed E-state index contributed by atoms with van der Waals surface area (Å²) in [4.78, 5) is 29.7. The van der Waals surface area contributed by atoms with E-state index in [2.05, 4.69) is 10.3 Å². The Kier molecular flexibility index (Phi) is 4.66. The van der Waals surface area contributed by atoms with Gasteiger partial charge < -0.3 is 25.8 Å². The molecule has 1 atom stereocenters. The van der Waals surface area contributed by atoms with Gasteiger partial charge in [0.05, 0.1) is 22.0 Å². The topological polar surface area (TPSA) is 118 Å². The van der Waals surface area contributed by atoms with Crippen molar-refractivity contribution in [3.8, 4) is 0 Å². The zero-order valence-electron chi connectivity index (χ0n) is 14.9. The van der Waals surface area contributed by atoms with Gasteiger partial charge in [0.25, 0.3) is 0 Å². The summed E-state index contributed by atoms with van der Waals surface area (Å²) in [5.41, 5.74) is 6.86. The Bertz CT molecular complexity index is 858. The molecule has 0 spiro atoms. The maximum Gasteiger partial charge on any atom is 0.407 e. The number of aromatic nitrogens is 1. The summed E-state index contributed by atoms with van der Waals surface area (Å²) < 4.78 is 6.03. The minimum Gasteiger partial charge on any atom is -0.478 e. The number of nitrogens with two attached hydrogens (primary N) is 1. The number of carbonyl (C=O) groups excluding carboxylic acids is 1. The van der Waals surface area contributed by atoms with E-state index in [1.165, 1.54) is 11.3 Å². The number of nitrogens with zero attached hydrogens (tertiary/aromatic N) is 2. The van der Waals surface area contributed by atoms with Gasteiger partial charge in [-0.3, -0.25) is 0 Å². The van der Waals surface area contributed by atoms with Crippen molar-refractivity contribution < 1.29 is 19.4 Å². The van der Waals surface area contributed by atoms with Gasteiger partial charge in [0.15, 0.2) is 5.13 Å². The van der Waals surface area contributed by atoms with Crippen molar-refractivity contribution in [2.24, 2.45) is 0 Å². The molecule has 2 heterocycles. The molecule has 1 aliphatic rings. The van der Waals surface area contributed by atoms with Crippen molar-refractivity contribution in [3.63, 3.8) is 0 Å². The molecule has 1 saturated heterocycles. The molecular weight excluding hydrogens is 356 g/mol. The molecular formula is C17H22N4O4S. The van der Waals surface area contributed by atoms with Crippen LogP contribution in [0.1, 0.15) is 37.6 Å². The molecule has 9 heteroatoms. The summed E-state index contributed by atoms with van der Waals surface area (Å²) in [6.45, 7) is 6.67. The molecule has 3 rings (SSSR count). The normalized spacial score (nSPS) is 17.5. The smallest absolute Gasteiger partial charge is 0.407 e. The Morgan fingerprint density at radius 3 is 2.81 bits per heavy atom. The second-order valence-electron chi connectivity index (χ2n) is 7.28. The summed E-state index contributed by atoms with van der Waals surface area (Å²) in [5, 5.41) is 12.6. The summed E-state index contributed by atoms with van der Waals surface area (Å²) in [6.07, 6.45) is 0.282. The lowest BCUT2D eigenvalue weighted by molar-refractivity contribution is 0.0508. The third-order valence-corrected chi connectivity index (χ3v) is 4.82. The monoisotopic (exact) mass is 378 g/mol. The number of thiazole rings is 1. The molecule has 26 heavy (non-hydrogen) atoms. The Morgan fingerprint density at radius 1 is 1.42 bits per heavy atom. The molecule has 1 unspecified atom stereocenters. The van der Waals surface area contributed by atoms with Gasteiger partial charge >= 0.3 is 12.1 Å². The van der Waals surface area contributed by atoms with Crippen LogP contribution >= 0.6 is 11.3 Å². The first-order valence-corrected chi connectivity index (χ1v) is 9.12. The molecule has 0 saturated carbocycles. The number of fused-ring (bicyclic) bond motifs is 1. The molecule has 8 nitrogen and oxygen atoms in total. The van der Waals surface area contributed by atoms with Crippen LogP contribution in [0.2, 0.25) is 0 Å². The lowest BCUT2D eigenvalue weighted by Gasteiger charge is -2.22. The Balaban J connectivity index is 1.80. The molecule has 0 radical (unpaired) electrons. The van der Waals surface area contributed by atoms with E-state index in [4.69, 9.17) is 10.5 Å². The molecule has 0 bridgehead atoms. The third kappa shape index (κ3) is 3.98. The first-order valence-electron chi connectivity index (χ1n) is 8.30. The van der Waals surface area contributed by atoms with Gasteiger partial charge in [-0.1, -0.05) is 11.3 Å². The van der Waals surface area contributed by atoms with Crippen LogP contribution in [0.15, 0.2) is 12.1 Å². The predicted molar refractivity (Wildman–Crippen MR) is 101 cm³/mol. The highest BCUT2D eigenvalue weighted by molar-refractivity contribution is 7.22. The maximum absolute atomic E-state index is 12.0. The molecule has 4 N–H and O–H groups in total. The average Bonchev–Trinajstić information content (AvgIpc) is 3.09. The number of carboxylic acids is 1.